The van der Waals surface area contributed by atoms with Gasteiger partial charge in [-0.3, -0.25) is 10.1 Å². The summed E-state index contributed by atoms with van der Waals surface area (Å²) in [7, 11) is 1.61. The first-order chi connectivity index (χ1) is 15.4. The third-order valence-electron chi connectivity index (χ3n) is 4.92. The van der Waals surface area contributed by atoms with Gasteiger partial charge in [-0.05, 0) is 50.0 Å². The number of benzene rings is 2. The molecular formula is C26H30N2O3S. The number of nitrogens with one attached hydrogen (secondary N) is 1. The molecule has 2 aromatic carbocycles. The van der Waals surface area contributed by atoms with Gasteiger partial charge in [0.1, 0.15) is 0 Å². The number of thiazole rings is 1. The lowest BCUT2D eigenvalue weighted by Gasteiger charge is -2.12. The maximum absolute atomic E-state index is 12.4. The van der Waals surface area contributed by atoms with E-state index >= 15 is 0 Å². The zero-order chi connectivity index (χ0) is 23.1. The van der Waals surface area contributed by atoms with Gasteiger partial charge in [0.15, 0.2) is 16.6 Å². The first-order valence-corrected chi connectivity index (χ1v) is 11.5. The van der Waals surface area contributed by atoms with Gasteiger partial charge in [-0.25, -0.2) is 4.98 Å². The van der Waals surface area contributed by atoms with E-state index in [4.69, 9.17) is 9.47 Å². The third-order valence-corrected chi connectivity index (χ3v) is 5.81. The summed E-state index contributed by atoms with van der Waals surface area (Å²) in [5, 5.41) is 3.44. The highest BCUT2D eigenvalue weighted by Gasteiger charge is 2.11. The molecule has 3 aromatic rings. The Bertz CT molecular complexity index is 1080. The van der Waals surface area contributed by atoms with Crippen molar-refractivity contribution in [1.29, 1.82) is 0 Å². The minimum absolute atomic E-state index is 0.231. The van der Waals surface area contributed by atoms with E-state index in [-0.39, 0.29) is 5.91 Å². The lowest BCUT2D eigenvalue weighted by Crippen LogP contribution is -2.07. The number of aryl methyl sites for hydroxylation is 2. The fourth-order valence-electron chi connectivity index (χ4n) is 3.06. The number of hydrogen-bond donors (Lipinski definition) is 1. The predicted molar refractivity (Wildman–Crippen MR) is 133 cm³/mol. The van der Waals surface area contributed by atoms with Gasteiger partial charge in [0.05, 0.1) is 19.4 Å². The molecule has 168 valence electrons. The molecule has 0 fully saturated rings. The summed E-state index contributed by atoms with van der Waals surface area (Å²) in [4.78, 5) is 18.1. The second-order valence-corrected chi connectivity index (χ2v) is 9.26. The van der Waals surface area contributed by atoms with Crippen LogP contribution in [0.5, 0.6) is 11.5 Å². The van der Waals surface area contributed by atoms with Crippen molar-refractivity contribution in [2.24, 2.45) is 5.92 Å². The van der Waals surface area contributed by atoms with Crippen LogP contribution >= 0.6 is 11.3 Å². The Morgan fingerprint density at radius 2 is 1.88 bits per heavy atom. The number of amides is 1. The summed E-state index contributed by atoms with van der Waals surface area (Å²) in [5.74, 6) is 1.70. The molecule has 32 heavy (non-hydrogen) atoms. The molecule has 0 aliphatic heterocycles. The number of hydrogen-bond acceptors (Lipinski definition) is 5. The minimum Gasteiger partial charge on any atom is -0.493 e. The second-order valence-electron chi connectivity index (χ2n) is 8.05. The second kappa shape index (κ2) is 11.0. The van der Waals surface area contributed by atoms with E-state index in [0.717, 1.165) is 28.1 Å². The maximum atomic E-state index is 12.4. The van der Waals surface area contributed by atoms with Gasteiger partial charge >= 0.3 is 0 Å². The molecule has 1 aromatic heterocycles. The standard InChI is InChI=1S/C26H30N2O3S/c1-17(2)14-15-31-22-12-8-20(16-23(22)30-5)9-13-24(29)27-26-28-25(19(4)32-26)21-10-6-18(3)7-11-21/h6-13,16-17H,14-15H2,1-5H3,(H,27,28,29). The number of nitrogens with zero attached hydrogens (tertiary/aromatic N) is 1. The highest BCUT2D eigenvalue weighted by atomic mass is 32.1. The number of rotatable bonds is 9. The first kappa shape index (κ1) is 23.5. The number of ether oxygens (including phenoxy) is 2. The van der Waals surface area contributed by atoms with E-state index in [9.17, 15) is 4.79 Å². The van der Waals surface area contributed by atoms with Crippen LogP contribution in [-0.2, 0) is 4.79 Å². The van der Waals surface area contributed by atoms with Crippen molar-refractivity contribution in [2.45, 2.75) is 34.1 Å². The fourth-order valence-corrected chi connectivity index (χ4v) is 3.90. The summed E-state index contributed by atoms with van der Waals surface area (Å²) in [6, 6.07) is 13.8. The monoisotopic (exact) mass is 450 g/mol. The molecule has 1 N–H and O–H groups in total. The molecule has 0 aliphatic carbocycles. The van der Waals surface area contributed by atoms with E-state index in [1.165, 1.54) is 23.0 Å². The molecule has 0 atom stereocenters. The average Bonchev–Trinajstić information content (AvgIpc) is 3.12. The van der Waals surface area contributed by atoms with Gasteiger partial charge in [-0.15, -0.1) is 11.3 Å². The summed E-state index contributed by atoms with van der Waals surface area (Å²) >= 11 is 1.47. The van der Waals surface area contributed by atoms with Crippen molar-refractivity contribution in [2.75, 3.05) is 19.0 Å². The first-order valence-electron chi connectivity index (χ1n) is 10.7. The number of methoxy groups -OCH3 is 1. The number of aromatic nitrogens is 1. The topological polar surface area (TPSA) is 60.5 Å². The Kier molecular flexibility index (Phi) is 8.06. The van der Waals surface area contributed by atoms with Crippen LogP contribution in [0, 0.1) is 19.8 Å². The number of carbonyl (C=O) groups is 1. The van der Waals surface area contributed by atoms with Crippen molar-refractivity contribution in [3.63, 3.8) is 0 Å². The minimum atomic E-state index is -0.231. The highest BCUT2D eigenvalue weighted by molar-refractivity contribution is 7.16. The van der Waals surface area contributed by atoms with Crippen molar-refractivity contribution >= 4 is 28.5 Å². The van der Waals surface area contributed by atoms with Crippen LogP contribution in [0.1, 0.15) is 36.3 Å². The van der Waals surface area contributed by atoms with Crippen molar-refractivity contribution in [1.82, 2.24) is 4.98 Å². The Hall–Kier alpha value is -3.12. The SMILES string of the molecule is COc1cc(C=CC(=O)Nc2nc(-c3ccc(C)cc3)c(C)s2)ccc1OCCC(C)C. The maximum Gasteiger partial charge on any atom is 0.250 e. The molecule has 6 heteroatoms. The molecule has 0 unspecified atom stereocenters. The van der Waals surface area contributed by atoms with Crippen molar-refractivity contribution in [3.8, 4) is 22.8 Å². The van der Waals surface area contributed by atoms with Crippen molar-refractivity contribution < 1.29 is 14.3 Å². The number of anilines is 1. The van der Waals surface area contributed by atoms with Crippen LogP contribution < -0.4 is 14.8 Å². The molecule has 5 nitrogen and oxygen atoms in total. The molecule has 0 aliphatic rings. The Labute approximate surface area is 194 Å². The van der Waals surface area contributed by atoms with Crippen molar-refractivity contribution in [3.05, 3.63) is 64.5 Å². The highest BCUT2D eigenvalue weighted by Crippen LogP contribution is 2.31. The number of carbonyl (C=O) groups excluding carboxylic acids is 1. The fraction of sp³-hybridized carbons (Fsp3) is 0.308. The third kappa shape index (κ3) is 6.44. The van der Waals surface area contributed by atoms with Gasteiger partial charge in [0, 0.05) is 16.5 Å². The largest absolute Gasteiger partial charge is 0.493 e. The normalized spacial score (nSPS) is 11.2. The quantitative estimate of drug-likeness (QED) is 0.377. The zero-order valence-corrected chi connectivity index (χ0v) is 20.1. The molecular weight excluding hydrogens is 420 g/mol. The van der Waals surface area contributed by atoms with Crippen LogP contribution in [0.15, 0.2) is 48.5 Å². The zero-order valence-electron chi connectivity index (χ0n) is 19.3. The van der Waals surface area contributed by atoms with Gasteiger partial charge in [-0.1, -0.05) is 49.7 Å². The van der Waals surface area contributed by atoms with E-state index < -0.39 is 0 Å². The predicted octanol–water partition coefficient (Wildman–Crippen LogP) is 6.51. The lowest BCUT2D eigenvalue weighted by atomic mass is 10.1. The molecule has 0 saturated carbocycles. The van der Waals surface area contributed by atoms with Crippen LogP contribution in [0.2, 0.25) is 0 Å². The van der Waals surface area contributed by atoms with Gasteiger partial charge < -0.3 is 9.47 Å². The molecule has 0 radical (unpaired) electrons. The molecule has 1 amide bonds. The van der Waals surface area contributed by atoms with Gasteiger partial charge in [0.2, 0.25) is 5.91 Å². The molecule has 3 rings (SSSR count). The summed E-state index contributed by atoms with van der Waals surface area (Å²) in [5.41, 5.74) is 3.99. The molecule has 0 bridgehead atoms. The molecule has 0 saturated heterocycles. The van der Waals surface area contributed by atoms with Crippen LogP contribution in [0.25, 0.3) is 17.3 Å². The lowest BCUT2D eigenvalue weighted by molar-refractivity contribution is -0.111. The van der Waals surface area contributed by atoms with Gasteiger partial charge in [0.25, 0.3) is 0 Å². The summed E-state index contributed by atoms with van der Waals surface area (Å²) in [6.45, 7) is 9.03. The molecule has 1 heterocycles. The van der Waals surface area contributed by atoms with Gasteiger partial charge in [-0.2, -0.15) is 0 Å². The van der Waals surface area contributed by atoms with E-state index in [1.807, 2.05) is 37.3 Å². The van der Waals surface area contributed by atoms with Crippen LogP contribution in [0.3, 0.4) is 0 Å². The van der Waals surface area contributed by atoms with E-state index in [0.29, 0.717) is 29.2 Å². The summed E-state index contributed by atoms with van der Waals surface area (Å²) < 4.78 is 11.3. The average molecular weight is 451 g/mol. The van der Waals surface area contributed by atoms with Crippen LogP contribution in [-0.4, -0.2) is 24.6 Å². The summed E-state index contributed by atoms with van der Waals surface area (Å²) in [6.07, 6.45) is 4.22. The Morgan fingerprint density at radius 1 is 1.12 bits per heavy atom. The Balaban J connectivity index is 1.64. The molecule has 0 spiro atoms. The van der Waals surface area contributed by atoms with E-state index in [2.05, 4.69) is 43.2 Å². The van der Waals surface area contributed by atoms with Crippen LogP contribution in [0.4, 0.5) is 5.13 Å². The smallest absolute Gasteiger partial charge is 0.250 e. The Morgan fingerprint density at radius 3 is 2.56 bits per heavy atom. The van der Waals surface area contributed by atoms with E-state index in [1.54, 1.807) is 13.2 Å².